The minimum atomic E-state index is -1.79. The fraction of sp³-hybridized carbons (Fsp3) is 0.900. The Bertz CT molecular complexity index is 538. The predicted octanol–water partition coefficient (Wildman–Crippen LogP) is 0.329. The van der Waals surface area contributed by atoms with Gasteiger partial charge in [-0.25, -0.2) is 0 Å². The lowest BCUT2D eigenvalue weighted by Gasteiger charge is -2.41. The molecule has 176 valence electrons. The van der Waals surface area contributed by atoms with E-state index >= 15 is 0 Å². The Kier molecular flexibility index (Phi) is 11.2. The van der Waals surface area contributed by atoms with Gasteiger partial charge in [-0.15, -0.1) is 0 Å². The maximum Gasteiger partial charge on any atom is 0.308 e. The number of carboxylic acid groups (broad SMARTS) is 1. The van der Waals surface area contributed by atoms with E-state index in [-0.39, 0.29) is 6.10 Å². The number of hydrogen-bond acceptors (Lipinski definition) is 9. The van der Waals surface area contributed by atoms with Crippen LogP contribution >= 0.6 is 0 Å². The molecule has 0 amide bonds. The van der Waals surface area contributed by atoms with E-state index in [1.54, 1.807) is 0 Å². The van der Waals surface area contributed by atoms with E-state index < -0.39 is 67.7 Å². The third-order valence-corrected chi connectivity index (χ3v) is 5.05. The zero-order chi connectivity index (χ0) is 22.9. The molecule has 0 aromatic heterocycles. The molecule has 0 aromatic rings. The van der Waals surface area contributed by atoms with Crippen LogP contribution < -0.4 is 0 Å². The summed E-state index contributed by atoms with van der Waals surface area (Å²) in [6.07, 6.45) is -3.84. The van der Waals surface area contributed by atoms with Crippen molar-refractivity contribution in [3.63, 3.8) is 0 Å². The van der Waals surface area contributed by atoms with Gasteiger partial charge in [0.25, 0.3) is 0 Å². The highest BCUT2D eigenvalue weighted by Gasteiger charge is 2.45. The molecule has 0 bridgehead atoms. The minimum absolute atomic E-state index is 0.201. The molecular weight excluding hydrogens is 400 g/mol. The van der Waals surface area contributed by atoms with Crippen molar-refractivity contribution in [3.8, 4) is 0 Å². The van der Waals surface area contributed by atoms with Gasteiger partial charge in [0.05, 0.1) is 24.5 Å². The van der Waals surface area contributed by atoms with Crippen molar-refractivity contribution in [2.75, 3.05) is 6.61 Å². The molecule has 1 aliphatic heterocycles. The number of esters is 1. The van der Waals surface area contributed by atoms with Crippen LogP contribution in [-0.4, -0.2) is 86.5 Å². The average Bonchev–Trinajstić information content (AvgIpc) is 2.64. The summed E-state index contributed by atoms with van der Waals surface area (Å²) in [6.45, 7) is 4.75. The molecule has 0 saturated carbocycles. The van der Waals surface area contributed by atoms with Gasteiger partial charge in [0.1, 0.15) is 31.0 Å². The number of unbranched alkanes of at least 4 members (excludes halogenated alkanes) is 2. The summed E-state index contributed by atoms with van der Waals surface area (Å²) >= 11 is 0. The molecule has 1 rings (SSSR count). The zero-order valence-electron chi connectivity index (χ0n) is 17.9. The second kappa shape index (κ2) is 12.5. The van der Waals surface area contributed by atoms with Crippen LogP contribution in [-0.2, 0) is 23.8 Å². The fourth-order valence-electron chi connectivity index (χ4n) is 3.27. The molecule has 30 heavy (non-hydrogen) atoms. The Morgan fingerprint density at radius 3 is 2.30 bits per heavy atom. The first-order valence-corrected chi connectivity index (χ1v) is 10.5. The van der Waals surface area contributed by atoms with Crippen LogP contribution in [0.3, 0.4) is 0 Å². The van der Waals surface area contributed by atoms with E-state index in [9.17, 15) is 30.0 Å². The van der Waals surface area contributed by atoms with Crippen LogP contribution in [0.15, 0.2) is 0 Å². The van der Waals surface area contributed by atoms with Crippen LogP contribution in [0.1, 0.15) is 65.7 Å². The fourth-order valence-corrected chi connectivity index (χ4v) is 3.27. The number of aliphatic hydroxyl groups excluding tert-OH is 3. The highest BCUT2D eigenvalue weighted by Crippen LogP contribution is 2.25. The van der Waals surface area contributed by atoms with Gasteiger partial charge < -0.3 is 39.7 Å². The van der Waals surface area contributed by atoms with Gasteiger partial charge >= 0.3 is 11.9 Å². The SMILES string of the molecule is CCCCC[C@H](CC)O[C@@H]1O[C@H](COC(=O)C[C@](C)(O)CC(=O)O)[C@@H](O)[C@H](O)[C@H]1O. The minimum Gasteiger partial charge on any atom is -0.481 e. The summed E-state index contributed by atoms with van der Waals surface area (Å²) in [5.41, 5.74) is -1.79. The second-order valence-corrected chi connectivity index (χ2v) is 8.10. The topological polar surface area (TPSA) is 163 Å². The van der Waals surface area contributed by atoms with Crippen LogP contribution in [0, 0.1) is 0 Å². The molecular formula is C20H36O10. The first-order chi connectivity index (χ1) is 14.0. The van der Waals surface area contributed by atoms with E-state index in [2.05, 4.69) is 6.92 Å². The van der Waals surface area contributed by atoms with Gasteiger partial charge in [-0.2, -0.15) is 0 Å². The summed E-state index contributed by atoms with van der Waals surface area (Å²) < 4.78 is 16.3. The molecule has 0 unspecified atom stereocenters. The van der Waals surface area contributed by atoms with Crippen LogP contribution in [0.4, 0.5) is 0 Å². The maximum absolute atomic E-state index is 11.9. The summed E-state index contributed by atoms with van der Waals surface area (Å²) in [6, 6.07) is 0. The van der Waals surface area contributed by atoms with Gasteiger partial charge in [-0.05, 0) is 19.8 Å². The molecule has 7 atom stereocenters. The average molecular weight is 436 g/mol. The van der Waals surface area contributed by atoms with Crippen molar-refractivity contribution < 1.29 is 49.3 Å². The molecule has 0 radical (unpaired) electrons. The van der Waals surface area contributed by atoms with E-state index in [1.165, 1.54) is 6.92 Å². The summed E-state index contributed by atoms with van der Waals surface area (Å²) in [5, 5.41) is 49.1. The number of carboxylic acids is 1. The van der Waals surface area contributed by atoms with E-state index in [1.807, 2.05) is 6.92 Å². The Hall–Kier alpha value is -1.30. The number of hydrogen-bond donors (Lipinski definition) is 5. The number of aliphatic hydroxyl groups is 4. The van der Waals surface area contributed by atoms with E-state index in [0.717, 1.165) is 25.7 Å². The third kappa shape index (κ3) is 8.83. The molecule has 1 heterocycles. The second-order valence-electron chi connectivity index (χ2n) is 8.10. The van der Waals surface area contributed by atoms with E-state index in [4.69, 9.17) is 19.3 Å². The third-order valence-electron chi connectivity index (χ3n) is 5.05. The molecule has 0 aliphatic carbocycles. The molecule has 0 aromatic carbocycles. The lowest BCUT2D eigenvalue weighted by Crippen LogP contribution is -2.60. The quantitative estimate of drug-likeness (QED) is 0.201. The highest BCUT2D eigenvalue weighted by atomic mass is 16.7. The number of carbonyl (C=O) groups is 2. The standard InChI is InChI=1S/C20H36O10/c1-4-6-7-8-12(5-2)29-19-18(26)17(25)16(24)13(30-19)11-28-15(23)10-20(3,27)9-14(21)22/h12-13,16-19,24-27H,4-11H2,1-3H3,(H,21,22)/t12-,13+,16+,17-,18+,19+,20+/m0/s1. The molecule has 1 saturated heterocycles. The van der Waals surface area contributed by atoms with Gasteiger partial charge in [-0.1, -0.05) is 33.1 Å². The number of aliphatic carboxylic acids is 1. The number of rotatable bonds is 13. The van der Waals surface area contributed by atoms with E-state index in [0.29, 0.717) is 6.42 Å². The van der Waals surface area contributed by atoms with Crippen molar-refractivity contribution in [1.82, 2.24) is 0 Å². The van der Waals surface area contributed by atoms with Crippen LogP contribution in [0.5, 0.6) is 0 Å². The summed E-state index contributed by atoms with van der Waals surface area (Å²) in [4.78, 5) is 22.6. The van der Waals surface area contributed by atoms with Gasteiger partial charge in [0.15, 0.2) is 6.29 Å². The normalized spacial score (nSPS) is 29.8. The van der Waals surface area contributed by atoms with Crippen LogP contribution in [0.25, 0.3) is 0 Å². The van der Waals surface area contributed by atoms with Crippen molar-refractivity contribution in [1.29, 1.82) is 0 Å². The van der Waals surface area contributed by atoms with Crippen molar-refractivity contribution >= 4 is 11.9 Å². The summed E-state index contributed by atoms with van der Waals surface area (Å²) in [5.74, 6) is -2.15. The first-order valence-electron chi connectivity index (χ1n) is 10.5. The van der Waals surface area contributed by atoms with Crippen molar-refractivity contribution in [2.24, 2.45) is 0 Å². The Balaban J connectivity index is 2.64. The lowest BCUT2D eigenvalue weighted by molar-refractivity contribution is -0.312. The first kappa shape index (κ1) is 26.7. The smallest absolute Gasteiger partial charge is 0.308 e. The largest absolute Gasteiger partial charge is 0.481 e. The van der Waals surface area contributed by atoms with Gasteiger partial charge in [0, 0.05) is 0 Å². The molecule has 10 nitrogen and oxygen atoms in total. The monoisotopic (exact) mass is 436 g/mol. The molecule has 1 aliphatic rings. The molecule has 10 heteroatoms. The van der Waals surface area contributed by atoms with Crippen molar-refractivity contribution in [3.05, 3.63) is 0 Å². The Labute approximate surface area is 176 Å². The number of carbonyl (C=O) groups excluding carboxylic acids is 1. The molecule has 1 fully saturated rings. The molecule has 5 N–H and O–H groups in total. The number of ether oxygens (including phenoxy) is 3. The van der Waals surface area contributed by atoms with Crippen molar-refractivity contribution in [2.45, 2.75) is 108 Å². The highest BCUT2D eigenvalue weighted by molar-refractivity contribution is 5.73. The van der Waals surface area contributed by atoms with Gasteiger partial charge in [0.2, 0.25) is 0 Å². The predicted molar refractivity (Wildman–Crippen MR) is 104 cm³/mol. The zero-order valence-corrected chi connectivity index (χ0v) is 17.9. The summed E-state index contributed by atoms with van der Waals surface area (Å²) in [7, 11) is 0. The Morgan fingerprint density at radius 1 is 1.07 bits per heavy atom. The Morgan fingerprint density at radius 2 is 1.73 bits per heavy atom. The van der Waals surface area contributed by atoms with Crippen LogP contribution in [0.2, 0.25) is 0 Å². The van der Waals surface area contributed by atoms with Gasteiger partial charge in [-0.3, -0.25) is 9.59 Å². The molecule has 0 spiro atoms. The maximum atomic E-state index is 11.9. The lowest BCUT2D eigenvalue weighted by atomic mass is 9.98.